The largest absolute Gasteiger partial charge is 0.241 e. The molecule has 0 heterocycles. The van der Waals surface area contributed by atoms with Crippen LogP contribution in [0, 0.1) is 29.6 Å². The Bertz CT molecular complexity index is 159. The molecule has 14 heavy (non-hydrogen) atoms. The van der Waals surface area contributed by atoms with Gasteiger partial charge in [-0.1, -0.05) is 27.7 Å². The van der Waals surface area contributed by atoms with Crippen LogP contribution in [0.15, 0.2) is 0 Å². The lowest BCUT2D eigenvalue weighted by Crippen LogP contribution is -2.27. The minimum absolute atomic E-state index is 0.231. The molecule has 0 aromatic heterocycles. The topological polar surface area (TPSA) is 0 Å². The van der Waals surface area contributed by atoms with Gasteiger partial charge in [0.15, 0.2) is 0 Å². The highest BCUT2D eigenvalue weighted by Gasteiger charge is 2.43. The molecule has 0 aliphatic heterocycles. The first-order valence-electron chi connectivity index (χ1n) is 5.73. The number of halogens is 2. The lowest BCUT2D eigenvalue weighted by atomic mass is 9.76. The molecule has 3 atom stereocenters. The fourth-order valence-corrected chi connectivity index (χ4v) is 3.15. The van der Waals surface area contributed by atoms with Crippen LogP contribution in [0.1, 0.15) is 40.5 Å². The molecular weight excluding hydrogens is 182 g/mol. The molecule has 1 aliphatic rings. The van der Waals surface area contributed by atoms with Gasteiger partial charge >= 0.3 is 0 Å². The summed E-state index contributed by atoms with van der Waals surface area (Å²) >= 11 is 0. The zero-order valence-corrected chi connectivity index (χ0v) is 9.63. The third-order valence-electron chi connectivity index (χ3n) is 3.77. The second-order valence-corrected chi connectivity index (χ2v) is 5.30. The first-order chi connectivity index (χ1) is 6.45. The third kappa shape index (κ3) is 2.26. The van der Waals surface area contributed by atoms with Gasteiger partial charge in [0, 0.05) is 5.92 Å². The Hall–Kier alpha value is -0.140. The van der Waals surface area contributed by atoms with Crippen LogP contribution in [-0.4, -0.2) is 6.43 Å². The fraction of sp³-hybridized carbons (Fsp3) is 1.00. The summed E-state index contributed by atoms with van der Waals surface area (Å²) < 4.78 is 25.6. The van der Waals surface area contributed by atoms with Crippen LogP contribution in [0.5, 0.6) is 0 Å². The van der Waals surface area contributed by atoms with Gasteiger partial charge in [0.25, 0.3) is 0 Å². The second kappa shape index (κ2) is 4.59. The van der Waals surface area contributed by atoms with E-state index in [9.17, 15) is 8.78 Å². The van der Waals surface area contributed by atoms with E-state index in [-0.39, 0.29) is 11.8 Å². The maximum atomic E-state index is 12.8. The Labute approximate surface area is 86.1 Å². The minimum Gasteiger partial charge on any atom is -0.210 e. The van der Waals surface area contributed by atoms with E-state index in [0.717, 1.165) is 12.8 Å². The van der Waals surface area contributed by atoms with E-state index in [0.29, 0.717) is 17.8 Å². The summed E-state index contributed by atoms with van der Waals surface area (Å²) in [6, 6.07) is 0. The van der Waals surface area contributed by atoms with Crippen LogP contribution in [-0.2, 0) is 0 Å². The second-order valence-electron chi connectivity index (χ2n) is 5.30. The molecular formula is C12H22F2. The standard InChI is InChI=1S/C12H22F2/c1-7(2)9-5-6-10(12(13)14)11(9)8(3)4/h7-12H,5-6H2,1-4H3. The molecule has 3 unspecified atom stereocenters. The van der Waals surface area contributed by atoms with E-state index in [4.69, 9.17) is 0 Å². The Morgan fingerprint density at radius 1 is 0.857 bits per heavy atom. The number of rotatable bonds is 3. The number of alkyl halides is 2. The van der Waals surface area contributed by atoms with Gasteiger partial charge in [0.2, 0.25) is 6.43 Å². The lowest BCUT2D eigenvalue weighted by Gasteiger charge is -2.30. The van der Waals surface area contributed by atoms with Crippen molar-refractivity contribution in [2.45, 2.75) is 47.0 Å². The molecule has 1 aliphatic carbocycles. The molecule has 0 aromatic carbocycles. The zero-order chi connectivity index (χ0) is 10.9. The Morgan fingerprint density at radius 2 is 1.36 bits per heavy atom. The predicted molar refractivity (Wildman–Crippen MR) is 55.4 cm³/mol. The Balaban J connectivity index is 2.74. The van der Waals surface area contributed by atoms with Crippen LogP contribution in [0.3, 0.4) is 0 Å². The number of hydrogen-bond acceptors (Lipinski definition) is 0. The highest BCUT2D eigenvalue weighted by molar-refractivity contribution is 4.89. The smallest absolute Gasteiger partial charge is 0.210 e. The van der Waals surface area contributed by atoms with Crippen LogP contribution in [0.4, 0.5) is 8.78 Å². The van der Waals surface area contributed by atoms with Crippen molar-refractivity contribution in [3.8, 4) is 0 Å². The molecule has 2 heteroatoms. The van der Waals surface area contributed by atoms with Crippen LogP contribution in [0.2, 0.25) is 0 Å². The van der Waals surface area contributed by atoms with Crippen molar-refractivity contribution >= 4 is 0 Å². The van der Waals surface area contributed by atoms with Gasteiger partial charge in [0.1, 0.15) is 0 Å². The van der Waals surface area contributed by atoms with Crippen molar-refractivity contribution in [3.63, 3.8) is 0 Å². The van der Waals surface area contributed by atoms with Gasteiger partial charge < -0.3 is 0 Å². The molecule has 0 N–H and O–H groups in total. The van der Waals surface area contributed by atoms with Gasteiger partial charge in [0.05, 0.1) is 0 Å². The van der Waals surface area contributed by atoms with Crippen molar-refractivity contribution < 1.29 is 8.78 Å². The van der Waals surface area contributed by atoms with Gasteiger partial charge in [-0.05, 0) is 36.5 Å². The van der Waals surface area contributed by atoms with E-state index in [2.05, 4.69) is 27.7 Å². The van der Waals surface area contributed by atoms with Crippen molar-refractivity contribution in [1.29, 1.82) is 0 Å². The summed E-state index contributed by atoms with van der Waals surface area (Å²) in [6.45, 7) is 8.49. The summed E-state index contributed by atoms with van der Waals surface area (Å²) in [5.41, 5.74) is 0. The highest BCUT2D eigenvalue weighted by Crippen LogP contribution is 2.47. The molecule has 1 fully saturated rings. The molecule has 0 radical (unpaired) electrons. The maximum absolute atomic E-state index is 12.8. The van der Waals surface area contributed by atoms with Crippen LogP contribution < -0.4 is 0 Å². The summed E-state index contributed by atoms with van der Waals surface area (Å²) in [6.07, 6.45) is -0.398. The molecule has 84 valence electrons. The van der Waals surface area contributed by atoms with Crippen molar-refractivity contribution in [2.24, 2.45) is 29.6 Å². The Morgan fingerprint density at radius 3 is 1.71 bits per heavy atom. The average molecular weight is 204 g/mol. The first kappa shape index (κ1) is 11.9. The molecule has 1 saturated carbocycles. The van der Waals surface area contributed by atoms with Gasteiger partial charge in [-0.25, -0.2) is 8.78 Å². The third-order valence-corrected chi connectivity index (χ3v) is 3.77. The zero-order valence-electron chi connectivity index (χ0n) is 9.63. The van der Waals surface area contributed by atoms with E-state index in [1.807, 2.05) is 0 Å². The fourth-order valence-electron chi connectivity index (χ4n) is 3.15. The maximum Gasteiger partial charge on any atom is 0.241 e. The summed E-state index contributed by atoms with van der Waals surface area (Å²) in [4.78, 5) is 0. The summed E-state index contributed by atoms with van der Waals surface area (Å²) in [5.74, 6) is 1.33. The molecule has 0 bridgehead atoms. The average Bonchev–Trinajstić information content (AvgIpc) is 2.46. The monoisotopic (exact) mass is 204 g/mol. The Kier molecular flexibility index (Phi) is 3.91. The summed E-state index contributed by atoms with van der Waals surface area (Å²) in [7, 11) is 0. The molecule has 0 spiro atoms. The van der Waals surface area contributed by atoms with Crippen molar-refractivity contribution in [3.05, 3.63) is 0 Å². The predicted octanol–water partition coefficient (Wildman–Crippen LogP) is 4.21. The van der Waals surface area contributed by atoms with Crippen LogP contribution >= 0.6 is 0 Å². The van der Waals surface area contributed by atoms with E-state index in [1.165, 1.54) is 0 Å². The van der Waals surface area contributed by atoms with Crippen molar-refractivity contribution in [2.75, 3.05) is 0 Å². The molecule has 0 aromatic rings. The molecule has 0 nitrogen and oxygen atoms in total. The SMILES string of the molecule is CC(C)C1CCC(C(F)F)C1C(C)C. The van der Waals surface area contributed by atoms with Gasteiger partial charge in [-0.3, -0.25) is 0 Å². The molecule has 0 saturated heterocycles. The molecule has 1 rings (SSSR count). The first-order valence-corrected chi connectivity index (χ1v) is 5.73. The molecule has 0 amide bonds. The normalized spacial score (nSPS) is 33.6. The quantitative estimate of drug-likeness (QED) is 0.646. The number of hydrogen-bond donors (Lipinski definition) is 0. The summed E-state index contributed by atoms with van der Waals surface area (Å²) in [5, 5.41) is 0. The van der Waals surface area contributed by atoms with Gasteiger partial charge in [-0.15, -0.1) is 0 Å². The van der Waals surface area contributed by atoms with E-state index in [1.54, 1.807) is 0 Å². The van der Waals surface area contributed by atoms with Crippen molar-refractivity contribution in [1.82, 2.24) is 0 Å². The van der Waals surface area contributed by atoms with E-state index < -0.39 is 6.43 Å². The minimum atomic E-state index is -2.12. The van der Waals surface area contributed by atoms with E-state index >= 15 is 0 Å². The van der Waals surface area contributed by atoms with Gasteiger partial charge in [-0.2, -0.15) is 0 Å². The lowest BCUT2D eigenvalue weighted by molar-refractivity contribution is 0.0295. The van der Waals surface area contributed by atoms with Crippen LogP contribution in [0.25, 0.3) is 0 Å². The highest BCUT2D eigenvalue weighted by atomic mass is 19.3.